The minimum Gasteiger partial charge on any atom is -0.741 e. The van der Waals surface area contributed by atoms with Crippen LogP contribution in [0.25, 0.3) is 0 Å². The van der Waals surface area contributed by atoms with Crippen LogP contribution >= 0.6 is 0 Å². The molecule has 0 radical (unpaired) electrons. The summed E-state index contributed by atoms with van der Waals surface area (Å²) in [5.74, 6) is 0.727. The number of aryl methyl sites for hydroxylation is 1. The van der Waals surface area contributed by atoms with Gasteiger partial charge in [-0.25, -0.2) is 17.4 Å². The molecule has 2 aromatic rings. The average molecular weight is 519 g/mol. The monoisotopic (exact) mass is 518 g/mol. The first-order valence-electron chi connectivity index (χ1n) is 9.24. The molecule has 0 saturated carbocycles. The van der Waals surface area contributed by atoms with Crippen LogP contribution in [0.4, 0.5) is 23.2 Å². The number of piperazine rings is 1. The van der Waals surface area contributed by atoms with E-state index in [0.717, 1.165) is 5.69 Å². The van der Waals surface area contributed by atoms with Crippen molar-refractivity contribution in [1.82, 2.24) is 8.28 Å². The Morgan fingerprint density at radius 3 is 2.06 bits per heavy atom. The lowest BCUT2D eigenvalue weighted by molar-refractivity contribution is -0.676. The van der Waals surface area contributed by atoms with Gasteiger partial charge in [-0.15, -0.1) is 3.97 Å². The summed E-state index contributed by atoms with van der Waals surface area (Å²) in [6, 6.07) is 4.38. The molecule has 0 unspecified atom stereocenters. The molecule has 3 rings (SSSR count). The molecule has 0 aliphatic carbocycles. The van der Waals surface area contributed by atoms with Gasteiger partial charge in [0.2, 0.25) is 0 Å². The highest BCUT2D eigenvalue weighted by Crippen LogP contribution is 2.30. The van der Waals surface area contributed by atoms with Crippen molar-refractivity contribution in [3.05, 3.63) is 42.2 Å². The Balaban J connectivity index is 0.000000414. The second-order valence-electron chi connectivity index (χ2n) is 6.86. The number of aromatic nitrogens is 2. The van der Waals surface area contributed by atoms with Gasteiger partial charge in [0.15, 0.2) is 10.1 Å². The predicted molar refractivity (Wildman–Crippen MR) is 107 cm³/mol. The zero-order valence-corrected chi connectivity index (χ0v) is 19.4. The third-order valence-electron chi connectivity index (χ3n) is 4.83. The van der Waals surface area contributed by atoms with Gasteiger partial charge in [0.1, 0.15) is 24.0 Å². The second kappa shape index (κ2) is 9.82. The quantitative estimate of drug-likeness (QED) is 0.254. The van der Waals surface area contributed by atoms with Gasteiger partial charge in [-0.1, -0.05) is 0 Å². The first-order valence-corrected chi connectivity index (χ1v) is 12.0. The Morgan fingerprint density at radius 2 is 1.64 bits per heavy atom. The standard InChI is InChI=1S/C16H22FN4O3S.CHF3O3S/c1-13-18(2)6-11-21(13)25(22,23)20-9-7-19(8-10-20)15-5-4-14(17)12-16(15)24-3;2-1(3,4)8(5,6)7/h4-6,11-12H,7-10H2,1-3H3;(H,5,6,7)/q+1;/p-1. The molecule has 1 aliphatic heterocycles. The van der Waals surface area contributed by atoms with Crippen molar-refractivity contribution in [3.63, 3.8) is 0 Å². The second-order valence-corrected chi connectivity index (χ2v) is 10.0. The van der Waals surface area contributed by atoms with Gasteiger partial charge < -0.3 is 14.2 Å². The molecule has 2 heterocycles. The fourth-order valence-corrected chi connectivity index (χ4v) is 4.52. The first-order chi connectivity index (χ1) is 15.1. The highest BCUT2D eigenvalue weighted by atomic mass is 32.2. The number of halogens is 4. The molecule has 0 atom stereocenters. The van der Waals surface area contributed by atoms with Crippen molar-refractivity contribution in [1.29, 1.82) is 0 Å². The Morgan fingerprint density at radius 1 is 1.09 bits per heavy atom. The van der Waals surface area contributed by atoms with Crippen LogP contribution in [0.5, 0.6) is 5.75 Å². The van der Waals surface area contributed by atoms with Crippen LogP contribution in [0.2, 0.25) is 0 Å². The van der Waals surface area contributed by atoms with E-state index < -0.39 is 25.8 Å². The maximum atomic E-state index is 13.4. The highest BCUT2D eigenvalue weighted by molar-refractivity contribution is 7.87. The molecular weight excluding hydrogens is 496 g/mol. The molecule has 1 aliphatic rings. The van der Waals surface area contributed by atoms with Crippen molar-refractivity contribution in [2.24, 2.45) is 7.05 Å². The largest absolute Gasteiger partial charge is 0.741 e. The van der Waals surface area contributed by atoms with Crippen molar-refractivity contribution in [3.8, 4) is 5.75 Å². The van der Waals surface area contributed by atoms with Crippen LogP contribution < -0.4 is 14.2 Å². The Kier molecular flexibility index (Phi) is 7.98. The highest BCUT2D eigenvalue weighted by Gasteiger charge is 2.37. The maximum absolute atomic E-state index is 13.4. The Hall–Kier alpha value is -2.43. The lowest BCUT2D eigenvalue weighted by Crippen LogP contribution is -2.50. The topological polar surface area (TPSA) is 116 Å². The number of ether oxygens (including phenoxy) is 1. The molecule has 1 fully saturated rings. The summed E-state index contributed by atoms with van der Waals surface area (Å²) in [7, 11) is -6.38. The molecule has 1 aromatic heterocycles. The Bertz CT molecular complexity index is 1190. The number of methoxy groups -OCH3 is 1. The van der Waals surface area contributed by atoms with Crippen molar-refractivity contribution in [2.45, 2.75) is 12.4 Å². The number of benzene rings is 1. The predicted octanol–water partition coefficient (Wildman–Crippen LogP) is 0.735. The van der Waals surface area contributed by atoms with Gasteiger partial charge in [-0.2, -0.15) is 25.9 Å². The number of rotatable bonds is 4. The summed E-state index contributed by atoms with van der Waals surface area (Å²) >= 11 is 0. The van der Waals surface area contributed by atoms with E-state index in [2.05, 4.69) is 0 Å². The minimum atomic E-state index is -6.09. The van der Waals surface area contributed by atoms with Gasteiger partial charge >= 0.3 is 15.7 Å². The zero-order chi connectivity index (χ0) is 25.2. The summed E-state index contributed by atoms with van der Waals surface area (Å²) in [4.78, 5) is 2.01. The molecule has 186 valence electrons. The molecule has 0 spiro atoms. The van der Waals surface area contributed by atoms with Crippen molar-refractivity contribution >= 4 is 26.0 Å². The summed E-state index contributed by atoms with van der Waals surface area (Å²) in [6.45, 7) is 3.48. The van der Waals surface area contributed by atoms with Gasteiger partial charge in [-0.05, 0) is 12.1 Å². The van der Waals surface area contributed by atoms with E-state index in [1.54, 1.807) is 37.0 Å². The number of hydrogen-bond donors (Lipinski definition) is 0. The van der Waals surface area contributed by atoms with Crippen LogP contribution in [-0.4, -0.2) is 68.5 Å². The van der Waals surface area contributed by atoms with Crippen LogP contribution in [-0.2, 0) is 27.4 Å². The molecule has 10 nitrogen and oxygen atoms in total. The summed E-state index contributed by atoms with van der Waals surface area (Å²) in [5, 5.41) is 0. The van der Waals surface area contributed by atoms with Crippen molar-refractivity contribution in [2.75, 3.05) is 38.2 Å². The Labute approximate surface area is 188 Å². The van der Waals surface area contributed by atoms with E-state index in [-0.39, 0.29) is 5.82 Å². The molecule has 1 saturated heterocycles. The third-order valence-corrected chi connectivity index (χ3v) is 7.30. The van der Waals surface area contributed by atoms with Crippen LogP contribution in [0.15, 0.2) is 30.6 Å². The first kappa shape index (κ1) is 26.8. The van der Waals surface area contributed by atoms with Crippen LogP contribution in [0.3, 0.4) is 0 Å². The smallest absolute Gasteiger partial charge is 0.485 e. The van der Waals surface area contributed by atoms with E-state index in [1.165, 1.54) is 27.5 Å². The average Bonchev–Trinajstić information content (AvgIpc) is 3.06. The van der Waals surface area contributed by atoms with E-state index in [4.69, 9.17) is 17.7 Å². The number of hydrogen-bond acceptors (Lipinski definition) is 7. The van der Waals surface area contributed by atoms with Gasteiger partial charge in [0.25, 0.3) is 5.82 Å². The molecule has 1 aromatic carbocycles. The summed E-state index contributed by atoms with van der Waals surface area (Å²) in [5.41, 5.74) is -4.88. The summed E-state index contributed by atoms with van der Waals surface area (Å²) in [6.07, 6.45) is 3.27. The van der Waals surface area contributed by atoms with E-state index in [9.17, 15) is 26.0 Å². The molecule has 0 amide bonds. The van der Waals surface area contributed by atoms with Gasteiger partial charge in [0, 0.05) is 39.2 Å². The SMILES string of the molecule is COc1cc(F)ccc1N1CCN(S(=O)(=O)n2cc[n+](C)c2C)CC1.O=S(=O)([O-])C(F)(F)F. The van der Waals surface area contributed by atoms with E-state index >= 15 is 0 Å². The number of anilines is 1. The molecule has 0 N–H and O–H groups in total. The molecule has 0 bridgehead atoms. The molecule has 33 heavy (non-hydrogen) atoms. The molecular formula is C17H22F4N4O6S2. The summed E-state index contributed by atoms with van der Waals surface area (Å²) < 4.78 is 108. The number of imidazole rings is 1. The van der Waals surface area contributed by atoms with E-state index in [1.807, 2.05) is 4.90 Å². The zero-order valence-electron chi connectivity index (χ0n) is 17.8. The van der Waals surface area contributed by atoms with E-state index in [0.29, 0.717) is 37.8 Å². The minimum absolute atomic E-state index is 0.351. The van der Waals surface area contributed by atoms with Crippen LogP contribution in [0.1, 0.15) is 5.82 Å². The lowest BCUT2D eigenvalue weighted by Gasteiger charge is -2.34. The van der Waals surface area contributed by atoms with Gasteiger partial charge in [-0.3, -0.25) is 0 Å². The molecule has 16 heteroatoms. The van der Waals surface area contributed by atoms with Crippen molar-refractivity contribution < 1.29 is 48.3 Å². The number of alkyl halides is 3. The normalized spacial score (nSPS) is 15.7. The maximum Gasteiger partial charge on any atom is 0.485 e. The fourth-order valence-electron chi connectivity index (χ4n) is 2.97. The lowest BCUT2D eigenvalue weighted by atomic mass is 10.2. The number of nitrogens with zero attached hydrogens (tertiary/aromatic N) is 4. The fraction of sp³-hybridized carbons (Fsp3) is 0.471. The van der Waals surface area contributed by atoms with Crippen LogP contribution in [0, 0.1) is 12.7 Å². The third kappa shape index (κ3) is 6.13. The van der Waals surface area contributed by atoms with Gasteiger partial charge in [0.05, 0.1) is 19.8 Å².